The molecule has 118 valence electrons. The summed E-state index contributed by atoms with van der Waals surface area (Å²) in [6.45, 7) is 2.66. The van der Waals surface area contributed by atoms with Crippen LogP contribution in [0.5, 0.6) is 0 Å². The first kappa shape index (κ1) is 15.4. The highest BCUT2D eigenvalue weighted by molar-refractivity contribution is 8.01. The van der Waals surface area contributed by atoms with Crippen molar-refractivity contribution in [2.45, 2.75) is 30.0 Å². The van der Waals surface area contributed by atoms with E-state index in [4.69, 9.17) is 5.73 Å². The number of fused-ring (bicyclic) bond motifs is 1. The fourth-order valence-electron chi connectivity index (χ4n) is 2.42. The minimum absolute atomic E-state index is 0.0745. The fraction of sp³-hybridized carbons (Fsp3) is 0.500. The van der Waals surface area contributed by atoms with E-state index in [1.807, 2.05) is 6.92 Å². The van der Waals surface area contributed by atoms with Crippen molar-refractivity contribution in [3.05, 3.63) is 17.6 Å². The van der Waals surface area contributed by atoms with Crippen LogP contribution < -0.4 is 5.73 Å². The third-order valence-electron chi connectivity index (χ3n) is 3.55. The first-order valence-electron chi connectivity index (χ1n) is 6.70. The van der Waals surface area contributed by atoms with Gasteiger partial charge in [-0.2, -0.15) is 5.10 Å². The molecule has 2 aliphatic heterocycles. The molecule has 3 N–H and O–H groups in total. The number of aryl methyl sites for hydroxylation is 1. The van der Waals surface area contributed by atoms with Crippen molar-refractivity contribution in [1.29, 1.82) is 0 Å². The van der Waals surface area contributed by atoms with Gasteiger partial charge in [0.25, 0.3) is 0 Å². The topological polar surface area (TPSA) is 114 Å². The number of nitrogens with two attached hydrogens (primary N) is 1. The molecule has 0 spiro atoms. The number of carboxylic acid groups (broad SMARTS) is 1. The molecule has 3 rings (SSSR count). The highest BCUT2D eigenvalue weighted by Gasteiger charge is 2.51. The second-order valence-electron chi connectivity index (χ2n) is 4.84. The predicted octanol–water partition coefficient (Wildman–Crippen LogP) is -0.0288. The maximum absolute atomic E-state index is 11.8. The van der Waals surface area contributed by atoms with Gasteiger partial charge < -0.3 is 10.8 Å². The molecule has 3 heterocycles. The summed E-state index contributed by atoms with van der Waals surface area (Å²) in [5, 5.41) is 14.0. The molecule has 22 heavy (non-hydrogen) atoms. The summed E-state index contributed by atoms with van der Waals surface area (Å²) in [5.74, 6) is -0.400. The molecule has 0 saturated carbocycles. The Kier molecular flexibility index (Phi) is 4.15. The zero-order chi connectivity index (χ0) is 15.9. The smallest absolute Gasteiger partial charge is 0.352 e. The third-order valence-corrected chi connectivity index (χ3v) is 5.97. The largest absolute Gasteiger partial charge is 0.477 e. The number of carboxylic acids is 1. The van der Waals surface area contributed by atoms with E-state index in [-0.39, 0.29) is 17.0 Å². The van der Waals surface area contributed by atoms with Gasteiger partial charge in [-0.25, -0.2) is 14.5 Å². The Morgan fingerprint density at radius 1 is 1.64 bits per heavy atom. The minimum atomic E-state index is -1.09. The molecule has 1 unspecified atom stereocenters. The van der Waals surface area contributed by atoms with E-state index in [1.165, 1.54) is 34.8 Å². The lowest BCUT2D eigenvalue weighted by molar-refractivity contribution is -0.147. The number of carbonyl (C=O) groups is 2. The highest BCUT2D eigenvalue weighted by atomic mass is 32.2. The summed E-state index contributed by atoms with van der Waals surface area (Å²) in [4.78, 5) is 28.9. The highest BCUT2D eigenvalue weighted by Crippen LogP contribution is 2.40. The summed E-state index contributed by atoms with van der Waals surface area (Å²) < 4.78 is 1.75. The van der Waals surface area contributed by atoms with E-state index in [1.54, 1.807) is 4.68 Å². The van der Waals surface area contributed by atoms with Crippen molar-refractivity contribution < 1.29 is 14.7 Å². The fourth-order valence-corrected chi connectivity index (χ4v) is 4.84. The molecule has 10 heteroatoms. The second-order valence-corrected chi connectivity index (χ2v) is 6.89. The average molecular weight is 341 g/mol. The maximum atomic E-state index is 11.8. The van der Waals surface area contributed by atoms with Gasteiger partial charge in [0.15, 0.2) is 5.16 Å². The number of hydrogen-bond acceptors (Lipinski definition) is 7. The zero-order valence-corrected chi connectivity index (χ0v) is 13.4. The number of β-lactam (4-membered cyclic amide) rings is 1. The van der Waals surface area contributed by atoms with E-state index in [2.05, 4.69) is 10.1 Å². The lowest BCUT2D eigenvalue weighted by Gasteiger charge is -2.48. The van der Waals surface area contributed by atoms with Gasteiger partial charge in [0.2, 0.25) is 5.91 Å². The Bertz CT molecular complexity index is 659. The number of aromatic nitrogens is 3. The lowest BCUT2D eigenvalue weighted by Crippen LogP contribution is -2.68. The summed E-state index contributed by atoms with van der Waals surface area (Å²) in [6, 6.07) is -0.600. The Morgan fingerprint density at radius 2 is 2.41 bits per heavy atom. The summed E-state index contributed by atoms with van der Waals surface area (Å²) >= 11 is 2.92. The number of nitrogens with zero attached hydrogens (tertiary/aromatic N) is 4. The number of thioether (sulfide) groups is 2. The summed E-state index contributed by atoms with van der Waals surface area (Å²) in [5.41, 5.74) is 6.51. The van der Waals surface area contributed by atoms with Crippen molar-refractivity contribution in [2.24, 2.45) is 5.73 Å². The van der Waals surface area contributed by atoms with Gasteiger partial charge >= 0.3 is 5.97 Å². The van der Waals surface area contributed by atoms with Crippen LogP contribution in [0.4, 0.5) is 0 Å². The van der Waals surface area contributed by atoms with Gasteiger partial charge in [-0.3, -0.25) is 9.69 Å². The zero-order valence-electron chi connectivity index (χ0n) is 11.8. The molecule has 0 aromatic carbocycles. The van der Waals surface area contributed by atoms with Gasteiger partial charge in [0.1, 0.15) is 23.4 Å². The van der Waals surface area contributed by atoms with Gasteiger partial charge in [-0.1, -0.05) is 11.8 Å². The molecular formula is C12H15N5O3S2. The quantitative estimate of drug-likeness (QED) is 0.567. The number of aliphatic carboxylic acids is 1. The molecule has 0 bridgehead atoms. The Labute approximate surface area is 135 Å². The Balaban J connectivity index is 1.81. The number of amides is 1. The van der Waals surface area contributed by atoms with Gasteiger partial charge in [0, 0.05) is 18.1 Å². The number of hydrogen-bond donors (Lipinski definition) is 2. The van der Waals surface area contributed by atoms with Crippen LogP contribution in [0.25, 0.3) is 0 Å². The van der Waals surface area contributed by atoms with Crippen LogP contribution >= 0.6 is 23.5 Å². The second kappa shape index (κ2) is 5.94. The van der Waals surface area contributed by atoms with Crippen LogP contribution in [0.15, 0.2) is 22.8 Å². The van der Waals surface area contributed by atoms with Crippen molar-refractivity contribution in [3.63, 3.8) is 0 Å². The van der Waals surface area contributed by atoms with Gasteiger partial charge in [-0.15, -0.1) is 11.8 Å². The number of carbonyl (C=O) groups excluding carboxylic acids is 1. The molecule has 0 aliphatic carbocycles. The molecule has 8 nitrogen and oxygen atoms in total. The van der Waals surface area contributed by atoms with Crippen molar-refractivity contribution in [1.82, 2.24) is 19.7 Å². The molecule has 1 amide bonds. The van der Waals surface area contributed by atoms with Crippen LogP contribution in [-0.2, 0) is 16.1 Å². The summed E-state index contributed by atoms with van der Waals surface area (Å²) in [6.07, 6.45) is 1.47. The average Bonchev–Trinajstić information content (AvgIpc) is 2.98. The first-order valence-corrected chi connectivity index (χ1v) is 8.74. The van der Waals surface area contributed by atoms with Gasteiger partial charge in [0.05, 0.1) is 0 Å². The van der Waals surface area contributed by atoms with Crippen LogP contribution in [-0.4, -0.2) is 59.6 Å². The summed E-state index contributed by atoms with van der Waals surface area (Å²) in [7, 11) is 0. The Morgan fingerprint density at radius 3 is 3.09 bits per heavy atom. The first-order chi connectivity index (χ1) is 10.5. The van der Waals surface area contributed by atoms with Crippen molar-refractivity contribution >= 4 is 35.4 Å². The molecule has 0 radical (unpaired) electrons. The molecule has 2 atom stereocenters. The molecule has 1 aromatic rings. The molecule has 1 fully saturated rings. The van der Waals surface area contributed by atoms with E-state index in [0.29, 0.717) is 23.6 Å². The third kappa shape index (κ3) is 2.40. The predicted molar refractivity (Wildman–Crippen MR) is 82.1 cm³/mol. The normalized spacial score (nSPS) is 24.3. The van der Waals surface area contributed by atoms with Crippen LogP contribution in [0, 0.1) is 0 Å². The minimum Gasteiger partial charge on any atom is -0.477 e. The van der Waals surface area contributed by atoms with Crippen LogP contribution in [0.2, 0.25) is 0 Å². The monoisotopic (exact) mass is 341 g/mol. The number of rotatable bonds is 5. The Hall–Kier alpha value is -1.52. The molecule has 1 saturated heterocycles. The SMILES string of the molecule is CCn1ncnc1SCC1=C(C(=O)O)N2C(=O)C(N)[C@@H]2SC1. The van der Waals surface area contributed by atoms with Gasteiger partial charge in [-0.05, 0) is 12.5 Å². The lowest BCUT2D eigenvalue weighted by atomic mass is 10.0. The van der Waals surface area contributed by atoms with E-state index in [9.17, 15) is 14.7 Å². The van der Waals surface area contributed by atoms with E-state index >= 15 is 0 Å². The standard InChI is InChI=1S/C12H15N5O3S2/c1-2-16-12(14-5-15-16)22-4-6-3-21-10-7(13)9(18)17(10)8(6)11(19)20/h5,7,10H,2-4,13H2,1H3,(H,19,20)/t7?,10-/m0/s1. The van der Waals surface area contributed by atoms with E-state index < -0.39 is 12.0 Å². The van der Waals surface area contributed by atoms with Crippen molar-refractivity contribution in [3.8, 4) is 0 Å². The maximum Gasteiger partial charge on any atom is 0.352 e. The molecular weight excluding hydrogens is 326 g/mol. The molecule has 2 aliphatic rings. The van der Waals surface area contributed by atoms with E-state index in [0.717, 1.165) is 5.16 Å². The van der Waals surface area contributed by atoms with Crippen LogP contribution in [0.1, 0.15) is 6.92 Å². The van der Waals surface area contributed by atoms with Crippen LogP contribution in [0.3, 0.4) is 0 Å². The molecule has 1 aromatic heterocycles. The van der Waals surface area contributed by atoms with Crippen molar-refractivity contribution in [2.75, 3.05) is 11.5 Å².